The molecule has 8 nitrogen and oxygen atoms in total. The monoisotopic (exact) mass is 797 g/mol. The lowest BCUT2D eigenvalue weighted by molar-refractivity contribution is 0.102. The molecule has 0 spiro atoms. The summed E-state index contributed by atoms with van der Waals surface area (Å²) in [4.78, 5) is 30.8. The molecule has 57 heavy (non-hydrogen) atoms. The van der Waals surface area contributed by atoms with Crippen molar-refractivity contribution in [3.8, 4) is 0 Å². The van der Waals surface area contributed by atoms with Crippen LogP contribution in [0.1, 0.15) is 82.4 Å². The van der Waals surface area contributed by atoms with E-state index in [4.69, 9.17) is 33.5 Å². The number of aromatic nitrogens is 1. The van der Waals surface area contributed by atoms with Crippen molar-refractivity contribution < 1.29 is 14.0 Å². The predicted octanol–water partition coefficient (Wildman–Crippen LogP) is 10.5. The third kappa shape index (κ3) is 7.55. The summed E-state index contributed by atoms with van der Waals surface area (Å²) in [5.41, 5.74) is 9.08. The van der Waals surface area contributed by atoms with Crippen LogP contribution in [0.25, 0.3) is 33.0 Å². The minimum Gasteiger partial charge on any atom is -0.464 e. The summed E-state index contributed by atoms with van der Waals surface area (Å²) in [6.07, 6.45) is 17.0. The average molecular weight is 799 g/mol. The van der Waals surface area contributed by atoms with E-state index in [1.54, 1.807) is 28.9 Å². The minimum atomic E-state index is -0.213. The van der Waals surface area contributed by atoms with E-state index in [2.05, 4.69) is 27.3 Å². The van der Waals surface area contributed by atoms with Crippen molar-refractivity contribution in [1.29, 1.82) is 0 Å². The topological polar surface area (TPSA) is 96.7 Å². The molecule has 4 aromatic carbocycles. The first-order valence-electron chi connectivity index (χ1n) is 19.9. The molecule has 4 aliphatic heterocycles. The fourth-order valence-corrected chi connectivity index (χ4v) is 9.56. The Kier molecular flexibility index (Phi) is 10.5. The number of nitrogens with zero attached hydrogens (tertiary/aromatic N) is 3. The van der Waals surface area contributed by atoms with E-state index in [9.17, 15) is 9.59 Å². The molecule has 3 N–H and O–H groups in total. The highest BCUT2D eigenvalue weighted by Crippen LogP contribution is 2.38. The van der Waals surface area contributed by atoms with Crippen LogP contribution in [-0.4, -0.2) is 64.4 Å². The summed E-state index contributed by atoms with van der Waals surface area (Å²) in [5, 5.41) is 5.95. The van der Waals surface area contributed by atoms with Gasteiger partial charge < -0.3 is 15.6 Å². The number of anilines is 1. The van der Waals surface area contributed by atoms with Crippen LogP contribution in [0.15, 0.2) is 114 Å². The first-order chi connectivity index (χ1) is 27.8. The number of rotatable bonds is 6. The Morgan fingerprint density at radius 2 is 1.39 bits per heavy atom. The molecule has 0 bridgehead atoms. The van der Waals surface area contributed by atoms with E-state index in [0.717, 1.165) is 64.6 Å². The zero-order valence-electron chi connectivity index (χ0n) is 31.7. The van der Waals surface area contributed by atoms with E-state index >= 15 is 0 Å². The highest BCUT2D eigenvalue weighted by Gasteiger charge is 2.30. The highest BCUT2D eigenvalue weighted by atomic mass is 35.5. The van der Waals surface area contributed by atoms with Crippen molar-refractivity contribution in [2.45, 2.75) is 57.0 Å². The normalized spacial score (nSPS) is 19.6. The number of piperidine rings is 1. The number of amides is 1. The number of ketones is 1. The Bertz CT molecular complexity index is 2570. The van der Waals surface area contributed by atoms with Gasteiger partial charge in [0.15, 0.2) is 5.78 Å². The number of nitrogens with two attached hydrogens (primary N) is 1. The van der Waals surface area contributed by atoms with Gasteiger partial charge in [0, 0.05) is 70.1 Å². The number of hydrogen-bond donors (Lipinski definition) is 2. The first kappa shape index (κ1) is 37.5. The van der Waals surface area contributed by atoms with Gasteiger partial charge in [-0.25, -0.2) is 0 Å². The maximum atomic E-state index is 13.0. The average Bonchev–Trinajstić information content (AvgIpc) is 3.97. The molecule has 4 aliphatic rings. The van der Waals surface area contributed by atoms with Crippen LogP contribution < -0.4 is 11.2 Å². The van der Waals surface area contributed by atoms with E-state index in [0.29, 0.717) is 38.8 Å². The van der Waals surface area contributed by atoms with E-state index in [-0.39, 0.29) is 11.7 Å². The Labute approximate surface area is 342 Å². The molecule has 6 heterocycles. The molecule has 6 aromatic rings. The summed E-state index contributed by atoms with van der Waals surface area (Å²) < 4.78 is 7.48. The fourth-order valence-electron chi connectivity index (χ4n) is 9.12. The molecule has 0 radical (unpaired) electrons. The number of nitrogen functional groups attached to an aromatic ring is 1. The van der Waals surface area contributed by atoms with E-state index < -0.39 is 0 Å². The second kappa shape index (κ2) is 16.0. The number of hydrogen-bond acceptors (Lipinski definition) is 6. The molecular formula is C47H45Cl2N5O3. The van der Waals surface area contributed by atoms with Crippen molar-refractivity contribution in [2.24, 2.45) is 0 Å². The highest BCUT2D eigenvalue weighted by molar-refractivity contribution is 6.35. The fraction of sp³-hybridized carbons (Fsp3) is 0.277. The van der Waals surface area contributed by atoms with Crippen LogP contribution in [0.4, 0.5) is 5.69 Å². The van der Waals surface area contributed by atoms with Gasteiger partial charge in [0.25, 0.3) is 5.91 Å². The third-order valence-corrected chi connectivity index (χ3v) is 12.8. The number of furan rings is 1. The Morgan fingerprint density at radius 3 is 2.12 bits per heavy atom. The van der Waals surface area contributed by atoms with Gasteiger partial charge in [0.05, 0.1) is 27.4 Å². The lowest BCUT2D eigenvalue weighted by atomic mass is 9.89. The molecular weight excluding hydrogens is 753 g/mol. The molecule has 10 heteroatoms. The maximum Gasteiger partial charge on any atom is 0.257 e. The summed E-state index contributed by atoms with van der Waals surface area (Å²) in [7, 11) is 0. The Morgan fingerprint density at radius 1 is 0.719 bits per heavy atom. The summed E-state index contributed by atoms with van der Waals surface area (Å²) in [6, 6.07) is 27.0. The van der Waals surface area contributed by atoms with E-state index in [1.807, 2.05) is 73.1 Å². The third-order valence-electron chi connectivity index (χ3n) is 12.2. The molecule has 2 atom stereocenters. The van der Waals surface area contributed by atoms with Crippen molar-refractivity contribution >= 4 is 73.6 Å². The van der Waals surface area contributed by atoms with Gasteiger partial charge >= 0.3 is 0 Å². The number of carbonyl (C=O) groups is 2. The van der Waals surface area contributed by atoms with Gasteiger partial charge in [-0.1, -0.05) is 66.0 Å². The number of halogens is 2. The van der Waals surface area contributed by atoms with Crippen LogP contribution in [-0.2, 0) is 0 Å². The lowest BCUT2D eigenvalue weighted by Crippen LogP contribution is -2.41. The van der Waals surface area contributed by atoms with Gasteiger partial charge in [0.2, 0.25) is 0 Å². The second-order valence-electron chi connectivity index (χ2n) is 15.6. The van der Waals surface area contributed by atoms with Crippen LogP contribution >= 0.6 is 23.2 Å². The molecule has 2 unspecified atom stereocenters. The summed E-state index contributed by atoms with van der Waals surface area (Å²) in [5.74, 6) is 5.94. The zero-order chi connectivity index (χ0) is 39.0. The minimum absolute atomic E-state index is 0.0668. The first-order valence-corrected chi connectivity index (χ1v) is 20.7. The smallest absolute Gasteiger partial charge is 0.257 e. The zero-order valence-corrected chi connectivity index (χ0v) is 33.2. The van der Waals surface area contributed by atoms with Crippen LogP contribution in [0, 0.1) is 0 Å². The molecule has 10 rings (SSSR count). The molecule has 0 aliphatic carbocycles. The van der Waals surface area contributed by atoms with E-state index in [1.165, 1.54) is 56.3 Å². The van der Waals surface area contributed by atoms with Gasteiger partial charge in [0.1, 0.15) is 5.58 Å². The summed E-state index contributed by atoms with van der Waals surface area (Å²) >= 11 is 12.4. The van der Waals surface area contributed by atoms with Crippen LogP contribution in [0.2, 0.25) is 10.0 Å². The molecule has 290 valence electrons. The maximum absolute atomic E-state index is 13.0. The molecule has 2 saturated heterocycles. The number of carbonyl (C=O) groups excluding carboxylic acids is 2. The van der Waals surface area contributed by atoms with Crippen LogP contribution in [0.5, 0.6) is 0 Å². The van der Waals surface area contributed by atoms with Crippen molar-refractivity contribution in [1.82, 2.24) is 14.5 Å². The lowest BCUT2D eigenvalue weighted by Gasteiger charge is -2.38. The quantitative estimate of drug-likeness (QED) is 0.129. The number of benzene rings is 4. The van der Waals surface area contributed by atoms with Crippen molar-refractivity contribution in [2.75, 3.05) is 37.3 Å². The van der Waals surface area contributed by atoms with Crippen LogP contribution in [0.3, 0.4) is 0 Å². The van der Waals surface area contributed by atoms with Gasteiger partial charge in [-0.05, 0) is 123 Å². The molecule has 1 amide bonds. The predicted molar refractivity (Wildman–Crippen MR) is 232 cm³/mol. The SMILES string of the molecule is Nn1cc(C2=CCN3CCCC3C2)c2cc(C(=O)c3ccccc3Cl)ccc21.O=C(Nc1ccc2occ(C3=CCN4CCCCC4C3)c2c1)c1ccccc1Cl. The van der Waals surface area contributed by atoms with Gasteiger partial charge in [-0.2, -0.15) is 0 Å². The standard InChI is InChI=1S/C24H23ClN2O2.C23H22ClN3O/c25-22-7-2-1-6-19(22)24(28)26-17-8-9-23-20(14-17)21(15-29-23)16-10-12-27-11-4-3-5-18(27)13-16;24-21-6-2-1-5-18(21)23(28)16-7-8-22-19(13-16)20(14-27(22)25)15-9-11-26-10-3-4-17(26)12-15/h1-2,6-10,14-15,18H,3-5,11-13H2,(H,26,28);1-2,5-9,13-14,17H,3-4,10-12,25H2. The molecule has 2 fully saturated rings. The Balaban J connectivity index is 0.000000148. The van der Waals surface area contributed by atoms with Crippen molar-refractivity contribution in [3.63, 3.8) is 0 Å². The molecule has 2 aromatic heterocycles. The van der Waals surface area contributed by atoms with Crippen molar-refractivity contribution in [3.05, 3.63) is 147 Å². The van der Waals surface area contributed by atoms with Gasteiger partial charge in [-0.3, -0.25) is 24.1 Å². The number of fused-ring (bicyclic) bond motifs is 4. The largest absolute Gasteiger partial charge is 0.464 e. The number of nitrogens with one attached hydrogen (secondary N) is 1. The summed E-state index contributed by atoms with van der Waals surface area (Å²) in [6.45, 7) is 4.41. The van der Waals surface area contributed by atoms with Gasteiger partial charge in [-0.15, -0.1) is 0 Å². The Hall–Kier alpha value is -5.12. The molecule has 0 saturated carbocycles. The second-order valence-corrected chi connectivity index (χ2v) is 16.4.